The lowest BCUT2D eigenvalue weighted by atomic mass is 9.91. The number of methoxy groups -OCH3 is 2. The molecule has 0 fully saturated rings. The Labute approximate surface area is 175 Å². The summed E-state index contributed by atoms with van der Waals surface area (Å²) in [5, 5.41) is 14.1. The standard InChI is InChI=1S/C24H25NO5/c1-15(26)25-24(2,23(27)28)14-16-8-9-18-13-19(11-10-17(18)12-16)22-20(29-3)6-5-7-21(22)30-4/h5-13H,14H2,1-4H3,(H,25,26)(H,27,28). The van der Waals surface area contributed by atoms with E-state index >= 15 is 0 Å². The van der Waals surface area contributed by atoms with Crippen LogP contribution < -0.4 is 14.8 Å². The highest BCUT2D eigenvalue weighted by Crippen LogP contribution is 2.39. The van der Waals surface area contributed by atoms with Gasteiger partial charge in [0.05, 0.1) is 19.8 Å². The van der Waals surface area contributed by atoms with Gasteiger partial charge >= 0.3 is 5.97 Å². The van der Waals surface area contributed by atoms with Gasteiger partial charge in [-0.15, -0.1) is 0 Å². The van der Waals surface area contributed by atoms with E-state index in [0.29, 0.717) is 0 Å². The molecule has 156 valence electrons. The summed E-state index contributed by atoms with van der Waals surface area (Å²) in [4.78, 5) is 23.2. The Morgan fingerprint density at radius 1 is 0.967 bits per heavy atom. The summed E-state index contributed by atoms with van der Waals surface area (Å²) in [6.45, 7) is 2.83. The minimum atomic E-state index is -1.37. The first-order valence-electron chi connectivity index (χ1n) is 9.53. The summed E-state index contributed by atoms with van der Waals surface area (Å²) < 4.78 is 11.0. The largest absolute Gasteiger partial charge is 0.496 e. The third-order valence-corrected chi connectivity index (χ3v) is 5.10. The number of carboxylic acid groups (broad SMARTS) is 1. The number of aliphatic carboxylic acids is 1. The van der Waals surface area contributed by atoms with E-state index in [-0.39, 0.29) is 12.3 Å². The van der Waals surface area contributed by atoms with Crippen LogP contribution in [0.4, 0.5) is 0 Å². The van der Waals surface area contributed by atoms with Crippen molar-refractivity contribution in [1.29, 1.82) is 0 Å². The third kappa shape index (κ3) is 4.22. The summed E-state index contributed by atoms with van der Waals surface area (Å²) in [5.74, 6) is -0.0109. The van der Waals surface area contributed by atoms with Crippen molar-refractivity contribution in [2.45, 2.75) is 25.8 Å². The molecule has 0 heterocycles. The van der Waals surface area contributed by atoms with Crippen molar-refractivity contribution in [2.75, 3.05) is 14.2 Å². The Kier molecular flexibility index (Phi) is 5.96. The number of nitrogens with one attached hydrogen (secondary N) is 1. The van der Waals surface area contributed by atoms with Gasteiger partial charge in [-0.3, -0.25) is 4.79 Å². The molecule has 6 nitrogen and oxygen atoms in total. The number of rotatable bonds is 7. The molecule has 0 aliphatic heterocycles. The highest BCUT2D eigenvalue weighted by atomic mass is 16.5. The molecule has 0 bridgehead atoms. The van der Waals surface area contributed by atoms with Gasteiger partial charge in [0, 0.05) is 13.3 Å². The van der Waals surface area contributed by atoms with E-state index in [1.807, 2.05) is 54.6 Å². The molecule has 3 rings (SSSR count). The van der Waals surface area contributed by atoms with Crippen molar-refractivity contribution in [3.05, 3.63) is 60.2 Å². The molecule has 3 aromatic rings. The second-order valence-corrected chi connectivity index (χ2v) is 7.43. The van der Waals surface area contributed by atoms with Gasteiger partial charge in [0.25, 0.3) is 0 Å². The Morgan fingerprint density at radius 3 is 2.13 bits per heavy atom. The Hall–Kier alpha value is -3.54. The van der Waals surface area contributed by atoms with Crippen LogP contribution in [0.15, 0.2) is 54.6 Å². The zero-order valence-corrected chi connectivity index (χ0v) is 17.5. The summed E-state index contributed by atoms with van der Waals surface area (Å²) in [7, 11) is 3.25. The van der Waals surface area contributed by atoms with Gasteiger partial charge in [0.2, 0.25) is 5.91 Å². The monoisotopic (exact) mass is 407 g/mol. The van der Waals surface area contributed by atoms with Crippen LogP contribution in [0.5, 0.6) is 11.5 Å². The summed E-state index contributed by atoms with van der Waals surface area (Å²) >= 11 is 0. The van der Waals surface area contributed by atoms with Gasteiger partial charge in [0.1, 0.15) is 17.0 Å². The predicted molar refractivity (Wildman–Crippen MR) is 116 cm³/mol. The van der Waals surface area contributed by atoms with Crippen LogP contribution in [-0.2, 0) is 16.0 Å². The van der Waals surface area contributed by atoms with Crippen LogP contribution in [-0.4, -0.2) is 36.7 Å². The van der Waals surface area contributed by atoms with Gasteiger partial charge in [-0.05, 0) is 47.0 Å². The number of carboxylic acids is 1. The Bertz CT molecular complexity index is 1090. The number of carbonyl (C=O) groups is 2. The maximum absolute atomic E-state index is 11.7. The average Bonchev–Trinajstić information content (AvgIpc) is 2.72. The lowest BCUT2D eigenvalue weighted by Crippen LogP contribution is -2.53. The molecule has 0 aliphatic rings. The number of benzene rings is 3. The van der Waals surface area contributed by atoms with Crippen LogP contribution in [0.25, 0.3) is 21.9 Å². The van der Waals surface area contributed by atoms with Crippen molar-refractivity contribution >= 4 is 22.6 Å². The van der Waals surface area contributed by atoms with Gasteiger partial charge in [-0.1, -0.05) is 36.4 Å². The van der Waals surface area contributed by atoms with E-state index in [0.717, 1.165) is 39.0 Å². The normalized spacial score (nSPS) is 12.8. The van der Waals surface area contributed by atoms with E-state index in [1.54, 1.807) is 14.2 Å². The quantitative estimate of drug-likeness (QED) is 0.617. The van der Waals surface area contributed by atoms with E-state index in [1.165, 1.54) is 13.8 Å². The van der Waals surface area contributed by atoms with Crippen molar-refractivity contribution in [3.8, 4) is 22.6 Å². The van der Waals surface area contributed by atoms with Crippen molar-refractivity contribution in [2.24, 2.45) is 0 Å². The van der Waals surface area contributed by atoms with Crippen LogP contribution >= 0.6 is 0 Å². The number of fused-ring (bicyclic) bond motifs is 1. The molecule has 1 atom stereocenters. The molecule has 0 aliphatic carbocycles. The van der Waals surface area contributed by atoms with Crippen LogP contribution in [0.1, 0.15) is 19.4 Å². The first-order chi connectivity index (χ1) is 14.3. The molecule has 0 saturated heterocycles. The first kappa shape index (κ1) is 21.2. The number of carbonyl (C=O) groups excluding carboxylic acids is 1. The average molecular weight is 407 g/mol. The minimum absolute atomic E-state index is 0.180. The van der Waals surface area contributed by atoms with Crippen LogP contribution in [0.3, 0.4) is 0 Å². The molecule has 0 saturated carbocycles. The fourth-order valence-corrected chi connectivity index (χ4v) is 3.67. The predicted octanol–water partition coefficient (Wildman–Crippen LogP) is 4.05. The Balaban J connectivity index is 2.00. The third-order valence-electron chi connectivity index (χ3n) is 5.10. The molecule has 3 aromatic carbocycles. The van der Waals surface area contributed by atoms with Crippen molar-refractivity contribution < 1.29 is 24.2 Å². The molecule has 1 unspecified atom stereocenters. The summed E-state index contributed by atoms with van der Waals surface area (Å²) in [5.41, 5.74) is 1.28. The highest BCUT2D eigenvalue weighted by Gasteiger charge is 2.34. The number of ether oxygens (including phenoxy) is 2. The molecule has 0 aromatic heterocycles. The molecule has 0 radical (unpaired) electrons. The second kappa shape index (κ2) is 8.45. The smallest absolute Gasteiger partial charge is 0.329 e. The van der Waals surface area contributed by atoms with Crippen LogP contribution in [0.2, 0.25) is 0 Å². The SMILES string of the molecule is COc1cccc(OC)c1-c1ccc2cc(CC(C)(NC(C)=O)C(=O)O)ccc2c1. The topological polar surface area (TPSA) is 84.9 Å². The first-order valence-corrected chi connectivity index (χ1v) is 9.53. The molecule has 1 amide bonds. The van der Waals surface area contributed by atoms with Crippen molar-refractivity contribution in [1.82, 2.24) is 5.32 Å². The van der Waals surface area contributed by atoms with E-state index in [9.17, 15) is 14.7 Å². The minimum Gasteiger partial charge on any atom is -0.496 e. The highest BCUT2D eigenvalue weighted by molar-refractivity contribution is 5.91. The zero-order chi connectivity index (χ0) is 21.9. The molecule has 6 heteroatoms. The van der Waals surface area contributed by atoms with Gasteiger partial charge in [-0.2, -0.15) is 0 Å². The number of amides is 1. The van der Waals surface area contributed by atoms with Gasteiger partial charge in [0.15, 0.2) is 0 Å². The second-order valence-electron chi connectivity index (χ2n) is 7.43. The number of hydrogen-bond donors (Lipinski definition) is 2. The van der Waals surface area contributed by atoms with Gasteiger partial charge < -0.3 is 19.9 Å². The summed E-state index contributed by atoms with van der Waals surface area (Å²) in [6.07, 6.45) is 0.180. The van der Waals surface area contributed by atoms with Gasteiger partial charge in [-0.25, -0.2) is 4.79 Å². The van der Waals surface area contributed by atoms with E-state index < -0.39 is 11.5 Å². The molecule has 30 heavy (non-hydrogen) atoms. The molecule has 2 N–H and O–H groups in total. The fourth-order valence-electron chi connectivity index (χ4n) is 3.67. The maximum Gasteiger partial charge on any atom is 0.329 e. The lowest BCUT2D eigenvalue weighted by Gasteiger charge is -2.26. The Morgan fingerprint density at radius 2 is 1.57 bits per heavy atom. The van der Waals surface area contributed by atoms with Crippen LogP contribution in [0, 0.1) is 0 Å². The fraction of sp³-hybridized carbons (Fsp3) is 0.250. The summed E-state index contributed by atoms with van der Waals surface area (Å²) in [6, 6.07) is 17.4. The number of hydrogen-bond acceptors (Lipinski definition) is 4. The molecule has 0 spiro atoms. The molecular weight excluding hydrogens is 382 g/mol. The maximum atomic E-state index is 11.7. The zero-order valence-electron chi connectivity index (χ0n) is 17.5. The van der Waals surface area contributed by atoms with E-state index in [4.69, 9.17) is 9.47 Å². The van der Waals surface area contributed by atoms with Crippen molar-refractivity contribution in [3.63, 3.8) is 0 Å². The molecular formula is C24H25NO5. The lowest BCUT2D eigenvalue weighted by molar-refractivity contribution is -0.146. The van der Waals surface area contributed by atoms with E-state index in [2.05, 4.69) is 5.32 Å².